The molecule has 2 rings (SSSR count). The Morgan fingerprint density at radius 3 is 2.62 bits per heavy atom. The summed E-state index contributed by atoms with van der Waals surface area (Å²) in [5.41, 5.74) is 0. The van der Waals surface area contributed by atoms with Gasteiger partial charge in [0.05, 0.1) is 6.10 Å². The molecule has 0 aromatic heterocycles. The number of aliphatic hydroxyl groups is 1. The Labute approximate surface area is 99.2 Å². The topological polar surface area (TPSA) is 35.5 Å². The lowest BCUT2D eigenvalue weighted by Gasteiger charge is -2.23. The van der Waals surface area contributed by atoms with Gasteiger partial charge in [-0.05, 0) is 32.7 Å². The van der Waals surface area contributed by atoms with Gasteiger partial charge >= 0.3 is 0 Å². The van der Waals surface area contributed by atoms with Crippen LogP contribution in [-0.2, 0) is 0 Å². The monoisotopic (exact) mass is 226 g/mol. The van der Waals surface area contributed by atoms with Gasteiger partial charge < -0.3 is 15.3 Å². The predicted molar refractivity (Wildman–Crippen MR) is 66.5 cm³/mol. The summed E-state index contributed by atoms with van der Waals surface area (Å²) in [6.07, 6.45) is 8.52. The Balaban J connectivity index is 1.63. The van der Waals surface area contributed by atoms with Crippen LogP contribution in [0.15, 0.2) is 0 Å². The third kappa shape index (κ3) is 3.72. The van der Waals surface area contributed by atoms with Crippen LogP contribution in [-0.4, -0.2) is 48.3 Å². The first-order valence-corrected chi connectivity index (χ1v) is 6.89. The first-order chi connectivity index (χ1) is 7.77. The molecule has 0 spiro atoms. The second kappa shape index (κ2) is 5.99. The molecule has 2 N–H and O–H groups in total. The quantitative estimate of drug-likeness (QED) is 0.695. The van der Waals surface area contributed by atoms with E-state index in [0.29, 0.717) is 6.04 Å². The number of nitrogens with one attached hydrogen (secondary N) is 1. The lowest BCUT2D eigenvalue weighted by atomic mass is 10.1. The van der Waals surface area contributed by atoms with Crippen LogP contribution in [0.25, 0.3) is 0 Å². The zero-order valence-corrected chi connectivity index (χ0v) is 10.5. The fourth-order valence-corrected chi connectivity index (χ4v) is 2.65. The van der Waals surface area contributed by atoms with Crippen molar-refractivity contribution in [1.82, 2.24) is 10.2 Å². The van der Waals surface area contributed by atoms with Gasteiger partial charge in [0.25, 0.3) is 0 Å². The molecular formula is C13H26N2O. The summed E-state index contributed by atoms with van der Waals surface area (Å²) in [7, 11) is 2.21. The Morgan fingerprint density at radius 2 is 1.88 bits per heavy atom. The molecule has 2 aliphatic rings. The lowest BCUT2D eigenvalue weighted by Crippen LogP contribution is -2.42. The Morgan fingerprint density at radius 1 is 1.12 bits per heavy atom. The van der Waals surface area contributed by atoms with Crippen LogP contribution in [0.1, 0.15) is 44.9 Å². The highest BCUT2D eigenvalue weighted by Gasteiger charge is 2.26. The molecule has 2 atom stereocenters. The van der Waals surface area contributed by atoms with Crippen LogP contribution >= 0.6 is 0 Å². The van der Waals surface area contributed by atoms with E-state index < -0.39 is 0 Å². The molecular weight excluding hydrogens is 200 g/mol. The molecule has 3 heteroatoms. The summed E-state index contributed by atoms with van der Waals surface area (Å²) in [5, 5.41) is 13.5. The van der Waals surface area contributed by atoms with Crippen molar-refractivity contribution >= 4 is 0 Å². The molecule has 2 unspecified atom stereocenters. The van der Waals surface area contributed by atoms with Crippen LogP contribution in [0.4, 0.5) is 0 Å². The molecule has 0 radical (unpaired) electrons. The molecule has 2 fully saturated rings. The van der Waals surface area contributed by atoms with Crippen LogP contribution in [0.2, 0.25) is 0 Å². The third-order valence-corrected chi connectivity index (χ3v) is 4.02. The zero-order valence-electron chi connectivity index (χ0n) is 10.5. The minimum absolute atomic E-state index is 0.117. The maximum Gasteiger partial charge on any atom is 0.0693 e. The lowest BCUT2D eigenvalue weighted by molar-refractivity contribution is 0.118. The minimum atomic E-state index is -0.117. The van der Waals surface area contributed by atoms with Crippen LogP contribution in [0.3, 0.4) is 0 Å². The largest absolute Gasteiger partial charge is 0.392 e. The van der Waals surface area contributed by atoms with Crippen LogP contribution < -0.4 is 5.32 Å². The van der Waals surface area contributed by atoms with Gasteiger partial charge in [0.1, 0.15) is 0 Å². The number of likely N-dealkylation sites (N-methyl/N-ethyl adjacent to an activating group) is 1. The highest BCUT2D eigenvalue weighted by molar-refractivity contribution is 4.84. The first-order valence-electron chi connectivity index (χ1n) is 6.89. The summed E-state index contributed by atoms with van der Waals surface area (Å²) >= 11 is 0. The van der Waals surface area contributed by atoms with E-state index in [1.165, 1.54) is 32.1 Å². The molecule has 0 aromatic carbocycles. The molecule has 3 nitrogen and oxygen atoms in total. The Hall–Kier alpha value is -0.120. The number of aliphatic hydroxyl groups excluding tert-OH is 1. The van der Waals surface area contributed by atoms with Crippen molar-refractivity contribution in [3.63, 3.8) is 0 Å². The Bertz CT molecular complexity index is 206. The van der Waals surface area contributed by atoms with Gasteiger partial charge in [-0.2, -0.15) is 0 Å². The van der Waals surface area contributed by atoms with Crippen molar-refractivity contribution in [2.24, 2.45) is 0 Å². The van der Waals surface area contributed by atoms with E-state index in [1.807, 2.05) is 0 Å². The molecule has 0 amide bonds. The maximum atomic E-state index is 9.96. The molecule has 0 saturated heterocycles. The number of hydrogen-bond acceptors (Lipinski definition) is 3. The SMILES string of the molecule is CN(CCNC1CCCCCC1O)C1CC1. The van der Waals surface area contributed by atoms with Gasteiger partial charge in [-0.1, -0.05) is 19.3 Å². The number of hydrogen-bond donors (Lipinski definition) is 2. The molecule has 94 valence electrons. The molecule has 2 aliphatic carbocycles. The summed E-state index contributed by atoms with van der Waals surface area (Å²) in [4.78, 5) is 2.44. The minimum Gasteiger partial charge on any atom is -0.392 e. The first kappa shape index (κ1) is 12.3. The highest BCUT2D eigenvalue weighted by atomic mass is 16.3. The average molecular weight is 226 g/mol. The second-order valence-corrected chi connectivity index (χ2v) is 5.48. The van der Waals surface area contributed by atoms with Crippen LogP contribution in [0, 0.1) is 0 Å². The predicted octanol–water partition coefficient (Wildman–Crippen LogP) is 1.36. The maximum absolute atomic E-state index is 9.96. The van der Waals surface area contributed by atoms with Crippen molar-refractivity contribution in [3.8, 4) is 0 Å². The van der Waals surface area contributed by atoms with Crippen molar-refractivity contribution in [3.05, 3.63) is 0 Å². The fourth-order valence-electron chi connectivity index (χ4n) is 2.65. The molecule has 0 heterocycles. The normalized spacial score (nSPS) is 31.7. The summed E-state index contributed by atoms with van der Waals surface area (Å²) in [6.45, 7) is 2.14. The molecule has 16 heavy (non-hydrogen) atoms. The smallest absolute Gasteiger partial charge is 0.0693 e. The van der Waals surface area contributed by atoms with E-state index in [1.54, 1.807) is 0 Å². The standard InChI is InChI=1S/C13H26N2O/c1-15(11-7-8-11)10-9-14-12-5-3-2-4-6-13(12)16/h11-14,16H,2-10H2,1H3. The van der Waals surface area contributed by atoms with E-state index in [-0.39, 0.29) is 6.10 Å². The van der Waals surface area contributed by atoms with E-state index in [9.17, 15) is 5.11 Å². The highest BCUT2D eigenvalue weighted by Crippen LogP contribution is 2.24. The van der Waals surface area contributed by atoms with Gasteiger partial charge in [-0.3, -0.25) is 0 Å². The van der Waals surface area contributed by atoms with Crippen LogP contribution in [0.5, 0.6) is 0 Å². The van der Waals surface area contributed by atoms with Gasteiger partial charge in [0.2, 0.25) is 0 Å². The van der Waals surface area contributed by atoms with Gasteiger partial charge in [-0.25, -0.2) is 0 Å². The van der Waals surface area contributed by atoms with Gasteiger partial charge in [-0.15, -0.1) is 0 Å². The van der Waals surface area contributed by atoms with Crippen molar-refractivity contribution < 1.29 is 5.11 Å². The zero-order chi connectivity index (χ0) is 11.4. The van der Waals surface area contributed by atoms with Crippen molar-refractivity contribution in [1.29, 1.82) is 0 Å². The summed E-state index contributed by atoms with van der Waals surface area (Å²) in [5.74, 6) is 0. The molecule has 2 saturated carbocycles. The van der Waals surface area contributed by atoms with Gasteiger partial charge in [0, 0.05) is 25.2 Å². The third-order valence-electron chi connectivity index (χ3n) is 4.02. The van der Waals surface area contributed by atoms with Crippen molar-refractivity contribution in [2.75, 3.05) is 20.1 Å². The second-order valence-electron chi connectivity index (χ2n) is 5.48. The van der Waals surface area contributed by atoms with E-state index >= 15 is 0 Å². The molecule has 0 aromatic rings. The number of nitrogens with zero attached hydrogens (tertiary/aromatic N) is 1. The van der Waals surface area contributed by atoms with Crippen molar-refractivity contribution in [2.45, 2.75) is 63.1 Å². The van der Waals surface area contributed by atoms with Gasteiger partial charge in [0.15, 0.2) is 0 Å². The van der Waals surface area contributed by atoms with E-state index in [4.69, 9.17) is 0 Å². The Kier molecular flexibility index (Phi) is 4.62. The van der Waals surface area contributed by atoms with E-state index in [2.05, 4.69) is 17.3 Å². The molecule has 0 bridgehead atoms. The molecule has 0 aliphatic heterocycles. The summed E-state index contributed by atoms with van der Waals surface area (Å²) < 4.78 is 0. The number of rotatable bonds is 5. The summed E-state index contributed by atoms with van der Waals surface area (Å²) in [6, 6.07) is 1.19. The fraction of sp³-hybridized carbons (Fsp3) is 1.00. The van der Waals surface area contributed by atoms with E-state index in [0.717, 1.165) is 32.0 Å². The average Bonchev–Trinajstić information content (AvgIpc) is 3.07.